The quantitative estimate of drug-likeness (QED) is 0.525. The largest absolute Gasteiger partial charge is 0.360 e. The number of hydrogen-bond donors (Lipinski definition) is 3. The van der Waals surface area contributed by atoms with Gasteiger partial charge in [-0.05, 0) is 24.3 Å². The van der Waals surface area contributed by atoms with Gasteiger partial charge in [0.2, 0.25) is 0 Å². The topological polar surface area (TPSA) is 73.6 Å². The van der Waals surface area contributed by atoms with Gasteiger partial charge in [-0.2, -0.15) is 5.10 Å². The molecule has 21 heavy (non-hydrogen) atoms. The second-order valence-electron chi connectivity index (χ2n) is 4.87. The highest BCUT2D eigenvalue weighted by Gasteiger charge is 2.12. The van der Waals surface area contributed by atoms with Gasteiger partial charge in [0.1, 0.15) is 0 Å². The monoisotopic (exact) mass is 276 g/mol. The van der Waals surface area contributed by atoms with Crippen LogP contribution in [0.25, 0.3) is 21.8 Å². The number of H-pyrrole nitrogens is 2. The van der Waals surface area contributed by atoms with E-state index in [0.29, 0.717) is 5.56 Å². The van der Waals surface area contributed by atoms with Crippen LogP contribution in [0.5, 0.6) is 0 Å². The van der Waals surface area contributed by atoms with Crippen LogP contribution >= 0.6 is 0 Å². The summed E-state index contributed by atoms with van der Waals surface area (Å²) in [5.41, 5.74) is 3.28. The maximum Gasteiger partial charge on any atom is 0.257 e. The van der Waals surface area contributed by atoms with Crippen molar-refractivity contribution in [2.45, 2.75) is 0 Å². The Morgan fingerprint density at radius 2 is 2.00 bits per heavy atom. The molecule has 0 spiro atoms. The van der Waals surface area contributed by atoms with Crippen molar-refractivity contribution in [1.82, 2.24) is 15.2 Å². The molecule has 0 saturated carbocycles. The molecular weight excluding hydrogens is 264 g/mol. The Bertz CT molecular complexity index is 951. The van der Waals surface area contributed by atoms with Gasteiger partial charge in [-0.3, -0.25) is 9.89 Å². The molecule has 0 fully saturated rings. The van der Waals surface area contributed by atoms with E-state index < -0.39 is 0 Å². The van der Waals surface area contributed by atoms with Crippen LogP contribution < -0.4 is 5.32 Å². The number of hydrogen-bond acceptors (Lipinski definition) is 2. The van der Waals surface area contributed by atoms with E-state index in [9.17, 15) is 4.79 Å². The molecule has 0 unspecified atom stereocenters. The first-order valence-electron chi connectivity index (χ1n) is 6.62. The fourth-order valence-corrected chi connectivity index (χ4v) is 2.48. The molecule has 3 N–H and O–H groups in total. The number of aromatic amines is 2. The third-order valence-corrected chi connectivity index (χ3v) is 3.53. The van der Waals surface area contributed by atoms with Crippen LogP contribution in [0.2, 0.25) is 0 Å². The van der Waals surface area contributed by atoms with Crippen molar-refractivity contribution in [3.8, 4) is 0 Å². The molecule has 4 rings (SSSR count). The maximum absolute atomic E-state index is 12.4. The normalized spacial score (nSPS) is 11.0. The van der Waals surface area contributed by atoms with E-state index in [0.717, 1.165) is 27.5 Å². The molecule has 0 saturated heterocycles. The standard InChI is InChI=1S/C16H12N4O/c21-16(13-9-17-15-4-2-1-3-12(13)15)19-11-5-6-14-10(7-11)8-18-20-14/h1-9,17H,(H,18,20)(H,19,21). The fraction of sp³-hybridized carbons (Fsp3) is 0. The van der Waals surface area contributed by atoms with Crippen molar-refractivity contribution in [2.24, 2.45) is 0 Å². The Balaban J connectivity index is 1.68. The number of benzene rings is 2. The third kappa shape index (κ3) is 1.95. The molecule has 2 heterocycles. The van der Waals surface area contributed by atoms with Gasteiger partial charge in [-0.1, -0.05) is 18.2 Å². The van der Waals surface area contributed by atoms with E-state index in [2.05, 4.69) is 20.5 Å². The summed E-state index contributed by atoms with van der Waals surface area (Å²) in [6.07, 6.45) is 3.47. The first kappa shape index (κ1) is 11.7. The van der Waals surface area contributed by atoms with E-state index in [1.165, 1.54) is 0 Å². The molecule has 0 aliphatic carbocycles. The van der Waals surface area contributed by atoms with E-state index in [-0.39, 0.29) is 5.91 Å². The molecule has 2 aromatic heterocycles. The molecular formula is C16H12N4O. The van der Waals surface area contributed by atoms with Crippen molar-refractivity contribution >= 4 is 33.4 Å². The first-order chi connectivity index (χ1) is 10.3. The number of rotatable bonds is 2. The van der Waals surface area contributed by atoms with E-state index in [4.69, 9.17) is 0 Å². The lowest BCUT2D eigenvalue weighted by Crippen LogP contribution is -2.11. The van der Waals surface area contributed by atoms with Crippen LogP contribution in [0.15, 0.2) is 54.9 Å². The summed E-state index contributed by atoms with van der Waals surface area (Å²) < 4.78 is 0. The summed E-state index contributed by atoms with van der Waals surface area (Å²) >= 11 is 0. The van der Waals surface area contributed by atoms with Crippen LogP contribution in [0, 0.1) is 0 Å². The molecule has 102 valence electrons. The second kappa shape index (κ2) is 4.49. The lowest BCUT2D eigenvalue weighted by molar-refractivity contribution is 0.102. The van der Waals surface area contributed by atoms with Crippen molar-refractivity contribution in [1.29, 1.82) is 0 Å². The second-order valence-corrected chi connectivity index (χ2v) is 4.87. The van der Waals surface area contributed by atoms with Crippen molar-refractivity contribution < 1.29 is 4.79 Å². The summed E-state index contributed by atoms with van der Waals surface area (Å²) in [5.74, 6) is -0.129. The van der Waals surface area contributed by atoms with E-state index in [1.807, 2.05) is 42.5 Å². The number of carbonyl (C=O) groups is 1. The highest BCUT2D eigenvalue weighted by Crippen LogP contribution is 2.21. The number of nitrogens with one attached hydrogen (secondary N) is 3. The molecule has 0 aliphatic rings. The summed E-state index contributed by atoms with van der Waals surface area (Å²) in [6.45, 7) is 0. The maximum atomic E-state index is 12.4. The minimum atomic E-state index is -0.129. The zero-order valence-electron chi connectivity index (χ0n) is 11.1. The minimum absolute atomic E-state index is 0.129. The van der Waals surface area contributed by atoms with Crippen LogP contribution in [0.1, 0.15) is 10.4 Å². The van der Waals surface area contributed by atoms with Gasteiger partial charge in [0.15, 0.2) is 0 Å². The molecule has 5 nitrogen and oxygen atoms in total. The van der Waals surface area contributed by atoms with Crippen molar-refractivity contribution in [3.63, 3.8) is 0 Å². The number of anilines is 1. The zero-order chi connectivity index (χ0) is 14.2. The summed E-state index contributed by atoms with van der Waals surface area (Å²) in [6, 6.07) is 13.4. The van der Waals surface area contributed by atoms with Gasteiger partial charge in [-0.25, -0.2) is 0 Å². The predicted molar refractivity (Wildman–Crippen MR) is 82.3 cm³/mol. The van der Waals surface area contributed by atoms with Gasteiger partial charge in [0, 0.05) is 28.2 Å². The highest BCUT2D eigenvalue weighted by molar-refractivity contribution is 6.13. The molecule has 0 atom stereocenters. The molecule has 1 amide bonds. The third-order valence-electron chi connectivity index (χ3n) is 3.53. The van der Waals surface area contributed by atoms with Crippen molar-refractivity contribution in [3.05, 3.63) is 60.4 Å². The summed E-state index contributed by atoms with van der Waals surface area (Å²) in [7, 11) is 0. The van der Waals surface area contributed by atoms with Crippen molar-refractivity contribution in [2.75, 3.05) is 5.32 Å². The Labute approximate surface area is 120 Å². The zero-order valence-corrected chi connectivity index (χ0v) is 11.1. The number of amides is 1. The van der Waals surface area contributed by atoms with Crippen LogP contribution in [0.3, 0.4) is 0 Å². The molecule has 2 aromatic carbocycles. The average molecular weight is 276 g/mol. The smallest absolute Gasteiger partial charge is 0.257 e. The lowest BCUT2D eigenvalue weighted by Gasteiger charge is -2.04. The van der Waals surface area contributed by atoms with Crippen LogP contribution in [-0.4, -0.2) is 21.1 Å². The number of carbonyl (C=O) groups excluding carboxylic acids is 1. The molecule has 0 bridgehead atoms. The number of nitrogens with zero attached hydrogens (tertiary/aromatic N) is 1. The number of aromatic nitrogens is 3. The van der Waals surface area contributed by atoms with Crippen LogP contribution in [-0.2, 0) is 0 Å². The Kier molecular flexibility index (Phi) is 2.50. The first-order valence-corrected chi connectivity index (χ1v) is 6.62. The van der Waals surface area contributed by atoms with Gasteiger partial charge < -0.3 is 10.3 Å². The predicted octanol–water partition coefficient (Wildman–Crippen LogP) is 3.30. The number of para-hydroxylation sites is 1. The molecule has 0 radical (unpaired) electrons. The fourth-order valence-electron chi connectivity index (χ4n) is 2.48. The van der Waals surface area contributed by atoms with E-state index >= 15 is 0 Å². The minimum Gasteiger partial charge on any atom is -0.360 e. The average Bonchev–Trinajstić information content (AvgIpc) is 3.13. The van der Waals surface area contributed by atoms with Crippen LogP contribution in [0.4, 0.5) is 5.69 Å². The van der Waals surface area contributed by atoms with E-state index in [1.54, 1.807) is 12.4 Å². The van der Waals surface area contributed by atoms with Gasteiger partial charge in [0.25, 0.3) is 5.91 Å². The van der Waals surface area contributed by atoms with Gasteiger partial charge in [0.05, 0.1) is 17.3 Å². The van der Waals surface area contributed by atoms with Gasteiger partial charge >= 0.3 is 0 Å². The highest BCUT2D eigenvalue weighted by atomic mass is 16.1. The number of fused-ring (bicyclic) bond motifs is 2. The molecule has 4 aromatic rings. The van der Waals surface area contributed by atoms with Gasteiger partial charge in [-0.15, -0.1) is 0 Å². The summed E-state index contributed by atoms with van der Waals surface area (Å²) in [5, 5.41) is 11.7. The lowest BCUT2D eigenvalue weighted by atomic mass is 10.1. The SMILES string of the molecule is O=C(Nc1ccc2[nH]ncc2c1)c1c[nH]c2ccccc12. The Hall–Kier alpha value is -3.08. The molecule has 5 heteroatoms. The molecule has 0 aliphatic heterocycles. The summed E-state index contributed by atoms with van der Waals surface area (Å²) in [4.78, 5) is 15.5. The Morgan fingerprint density at radius 3 is 2.95 bits per heavy atom. The Morgan fingerprint density at radius 1 is 1.10 bits per heavy atom.